The van der Waals surface area contributed by atoms with Crippen LogP contribution in [0.1, 0.15) is 111 Å². The summed E-state index contributed by atoms with van der Waals surface area (Å²) >= 11 is 36.1. The van der Waals surface area contributed by atoms with Crippen LogP contribution in [0, 0.1) is 0 Å². The Kier molecular flexibility index (Phi) is 28.2. The number of para-hydroxylation sites is 2. The zero-order chi connectivity index (χ0) is 54.3. The standard InChI is InChI=1S/C49H72Cl6NO15PSi/c1-8-10-11-12-13-14-15-16-19-29-37(65-39(57)24-9-2)32-40(58)67-43-41(56-45(59)64-34-48(50,51)52)44(62-30-31-73(5,6)7)66-38(33-63-46(60)68-47(3,4)49(53,54)55)42(43)71-72(61,69-35-25-20-17-21-26-35)70-36-27-22-18-23-28-36/h17-18,20-23,25-28,37-38,41-44H,8-16,19,24,29-34H2,1-7H3,(H,56,59)/t37-,38-,41-,42-,43-,44-/m1/s1. The second kappa shape index (κ2) is 31.7. The van der Waals surface area contributed by atoms with E-state index in [1.165, 1.54) is 51.0 Å². The van der Waals surface area contributed by atoms with Gasteiger partial charge in [-0.2, -0.15) is 0 Å². The lowest BCUT2D eigenvalue weighted by Gasteiger charge is -2.45. The molecule has 1 aliphatic heterocycles. The van der Waals surface area contributed by atoms with Crippen molar-refractivity contribution in [2.24, 2.45) is 0 Å². The molecule has 0 spiro atoms. The summed E-state index contributed by atoms with van der Waals surface area (Å²) in [5, 5.41) is 2.60. The van der Waals surface area contributed by atoms with Crippen molar-refractivity contribution in [2.45, 2.75) is 187 Å². The molecule has 0 unspecified atom stereocenters. The Hall–Kier alpha value is -2.41. The van der Waals surface area contributed by atoms with Crippen LogP contribution < -0.4 is 14.4 Å². The van der Waals surface area contributed by atoms with Crippen molar-refractivity contribution in [3.63, 3.8) is 0 Å². The monoisotopic (exact) mass is 1180 g/mol. The summed E-state index contributed by atoms with van der Waals surface area (Å²) in [4.78, 5) is 54.6. The second-order valence-electron chi connectivity index (χ2n) is 19.2. The molecule has 0 saturated carbocycles. The lowest BCUT2D eigenvalue weighted by Crippen LogP contribution is -2.66. The number of halogens is 6. The first-order valence-corrected chi connectivity index (χ1v) is 32.0. The van der Waals surface area contributed by atoms with Gasteiger partial charge in [0.2, 0.25) is 7.59 Å². The third-order valence-corrected chi connectivity index (χ3v) is 15.8. The summed E-state index contributed by atoms with van der Waals surface area (Å²) in [5.41, 5.74) is -1.73. The number of phosphoric acid groups is 1. The van der Waals surface area contributed by atoms with Gasteiger partial charge in [-0.3, -0.25) is 14.1 Å². The van der Waals surface area contributed by atoms with E-state index in [0.29, 0.717) is 25.3 Å². The fourth-order valence-electron chi connectivity index (χ4n) is 7.00. The molecule has 1 saturated heterocycles. The average Bonchev–Trinajstić information content (AvgIpc) is 3.28. The van der Waals surface area contributed by atoms with E-state index in [9.17, 15) is 19.2 Å². The third kappa shape index (κ3) is 26.0. The number of hydrogen-bond acceptors (Lipinski definition) is 15. The van der Waals surface area contributed by atoms with E-state index < -0.39 is 110 Å². The summed E-state index contributed by atoms with van der Waals surface area (Å²) in [6, 6.07) is 14.8. The minimum Gasteiger partial charge on any atom is -0.462 e. The van der Waals surface area contributed by atoms with Crippen molar-refractivity contribution in [2.75, 3.05) is 19.8 Å². The molecule has 1 aliphatic rings. The number of alkyl halides is 6. The van der Waals surface area contributed by atoms with Crippen LogP contribution in [0.3, 0.4) is 0 Å². The smallest absolute Gasteiger partial charge is 0.462 e. The van der Waals surface area contributed by atoms with Crippen LogP contribution in [0.5, 0.6) is 11.5 Å². The first-order chi connectivity index (χ1) is 34.2. The molecule has 2 aromatic carbocycles. The van der Waals surface area contributed by atoms with E-state index in [1.54, 1.807) is 36.4 Å². The van der Waals surface area contributed by atoms with E-state index in [2.05, 4.69) is 31.9 Å². The zero-order valence-electron chi connectivity index (χ0n) is 42.6. The van der Waals surface area contributed by atoms with Crippen LogP contribution >= 0.6 is 77.4 Å². The van der Waals surface area contributed by atoms with Gasteiger partial charge in [-0.05, 0) is 63.4 Å². The molecule has 1 N–H and O–H groups in total. The van der Waals surface area contributed by atoms with Crippen molar-refractivity contribution in [1.29, 1.82) is 0 Å². The molecular weight excluding hydrogens is 1110 g/mol. The molecule has 3 rings (SSSR count). The van der Waals surface area contributed by atoms with E-state index in [0.717, 1.165) is 38.5 Å². The minimum atomic E-state index is -4.99. The largest absolute Gasteiger partial charge is 0.588 e. The quantitative estimate of drug-likeness (QED) is 0.0187. The van der Waals surface area contributed by atoms with Crippen LogP contribution in [0.4, 0.5) is 9.59 Å². The molecule has 414 valence electrons. The molecule has 1 heterocycles. The Morgan fingerprint density at radius 1 is 0.753 bits per heavy atom. The summed E-state index contributed by atoms with van der Waals surface area (Å²) in [6.45, 7) is 11.5. The first kappa shape index (κ1) is 64.9. The molecule has 2 aromatic rings. The highest BCUT2D eigenvalue weighted by Crippen LogP contribution is 2.52. The van der Waals surface area contributed by atoms with Crippen LogP contribution in [-0.2, 0) is 51.8 Å². The van der Waals surface area contributed by atoms with Gasteiger partial charge in [-0.15, -0.1) is 0 Å². The van der Waals surface area contributed by atoms with Gasteiger partial charge in [-0.25, -0.2) is 14.2 Å². The lowest BCUT2D eigenvalue weighted by atomic mass is 9.96. The number of esters is 2. The SMILES string of the molecule is CCCCCCCCCCC[C@H](CC(=O)O[C@@H]1[C@@H](NC(=O)OCC(Cl)(Cl)Cl)[C@H](OCC[Si](C)(C)C)O[C@H](COC(=O)OC(C)(C)C(Cl)(Cl)Cl)[C@H]1OP(=O)(Oc1ccccc1)Oc1ccccc1)OC(=O)CCC. The lowest BCUT2D eigenvalue weighted by molar-refractivity contribution is -0.269. The highest BCUT2D eigenvalue weighted by molar-refractivity contribution is 7.49. The maximum Gasteiger partial charge on any atom is 0.588 e. The van der Waals surface area contributed by atoms with Crippen molar-refractivity contribution in [3.8, 4) is 11.5 Å². The van der Waals surface area contributed by atoms with Crippen molar-refractivity contribution >= 4 is 110 Å². The molecule has 16 nitrogen and oxygen atoms in total. The molecule has 1 amide bonds. The van der Waals surface area contributed by atoms with Crippen LogP contribution in [-0.4, -0.2) is 102 Å². The fourth-order valence-corrected chi connectivity index (χ4v) is 9.45. The Balaban J connectivity index is 2.20. The number of benzene rings is 2. The zero-order valence-corrected chi connectivity index (χ0v) is 49.0. The van der Waals surface area contributed by atoms with E-state index >= 15 is 4.57 Å². The van der Waals surface area contributed by atoms with Gasteiger partial charge in [0.05, 0.1) is 6.42 Å². The molecule has 0 aliphatic carbocycles. The van der Waals surface area contributed by atoms with Crippen molar-refractivity contribution in [3.05, 3.63) is 60.7 Å². The first-order valence-electron chi connectivity index (χ1n) is 24.6. The average molecular weight is 1190 g/mol. The maximum absolute atomic E-state index is 15.3. The molecule has 6 atom stereocenters. The second-order valence-corrected chi connectivity index (χ2v) is 31.1. The molecule has 73 heavy (non-hydrogen) atoms. The summed E-state index contributed by atoms with van der Waals surface area (Å²) in [5.74, 6) is -1.39. The number of carbonyl (C=O) groups is 4. The number of rotatable bonds is 31. The number of ether oxygens (including phenoxy) is 7. The third-order valence-electron chi connectivity index (χ3n) is 11.0. The molecule has 0 bridgehead atoms. The maximum atomic E-state index is 15.3. The Morgan fingerprint density at radius 3 is 1.84 bits per heavy atom. The van der Waals surface area contributed by atoms with Gasteiger partial charge >= 0.3 is 32.0 Å². The fraction of sp³-hybridized carbons (Fsp3) is 0.673. The topological polar surface area (TPSA) is 190 Å². The number of amides is 1. The Bertz CT molecular complexity index is 1970. The number of phosphoric ester groups is 1. The van der Waals surface area contributed by atoms with E-state index in [1.807, 2.05) is 6.92 Å². The van der Waals surface area contributed by atoms with Gasteiger partial charge in [0.25, 0.3) is 0 Å². The molecular formula is C49H72Cl6NO15PSi. The molecule has 24 heteroatoms. The van der Waals surface area contributed by atoms with Gasteiger partial charge in [0, 0.05) is 21.1 Å². The van der Waals surface area contributed by atoms with Crippen molar-refractivity contribution < 1.29 is 70.5 Å². The number of alkyl carbamates (subject to hydrolysis) is 1. The number of nitrogens with one attached hydrogen (secondary N) is 1. The van der Waals surface area contributed by atoms with E-state index in [-0.39, 0.29) is 24.5 Å². The summed E-state index contributed by atoms with van der Waals surface area (Å²) in [7, 11) is -6.81. The minimum absolute atomic E-state index is 0.0306. The summed E-state index contributed by atoms with van der Waals surface area (Å²) in [6.07, 6.45) is -0.458. The molecule has 0 radical (unpaired) electrons. The number of hydrogen-bond donors (Lipinski definition) is 1. The normalized spacial score (nSPS) is 19.0. The van der Waals surface area contributed by atoms with Crippen LogP contribution in [0.2, 0.25) is 25.7 Å². The van der Waals surface area contributed by atoms with E-state index in [4.69, 9.17) is 116 Å². The highest BCUT2D eigenvalue weighted by atomic mass is 35.6. The van der Waals surface area contributed by atoms with Crippen molar-refractivity contribution in [1.82, 2.24) is 5.32 Å². The Morgan fingerprint density at radius 2 is 1.32 bits per heavy atom. The molecule has 0 aromatic heterocycles. The predicted octanol–water partition coefficient (Wildman–Crippen LogP) is 14.4. The summed E-state index contributed by atoms with van der Waals surface area (Å²) < 4.78 is 70.6. The predicted molar refractivity (Wildman–Crippen MR) is 286 cm³/mol. The highest BCUT2D eigenvalue weighted by Gasteiger charge is 2.55. The molecule has 1 fully saturated rings. The van der Waals surface area contributed by atoms with Gasteiger partial charge in [0.1, 0.15) is 49.1 Å². The Labute approximate surface area is 461 Å². The van der Waals surface area contributed by atoms with Crippen LogP contribution in [0.15, 0.2) is 60.7 Å². The number of carbonyl (C=O) groups excluding carboxylic acids is 4. The van der Waals surface area contributed by atoms with Gasteiger partial charge < -0.3 is 47.5 Å². The number of unbranched alkanes of at least 4 members (excludes halogenated alkanes) is 8. The van der Waals surface area contributed by atoms with Gasteiger partial charge in [0.15, 0.2) is 18.0 Å². The van der Waals surface area contributed by atoms with Gasteiger partial charge in [-0.1, -0.05) is 191 Å². The van der Waals surface area contributed by atoms with Crippen LogP contribution in [0.25, 0.3) is 0 Å².